The number of imidazole rings is 1. The monoisotopic (exact) mass is 437 g/mol. The molecule has 0 aliphatic carbocycles. The van der Waals surface area contributed by atoms with E-state index in [-0.39, 0.29) is 24.1 Å². The van der Waals surface area contributed by atoms with Crippen LogP contribution in [-0.2, 0) is 6.42 Å². The Morgan fingerprint density at radius 3 is 2.79 bits per heavy atom. The van der Waals surface area contributed by atoms with Gasteiger partial charge in [0.25, 0.3) is 5.91 Å². The lowest BCUT2D eigenvalue weighted by molar-refractivity contribution is 0.0998. The molecule has 0 fully saturated rings. The Morgan fingerprint density at radius 1 is 1.09 bits per heavy atom. The second-order valence-corrected chi connectivity index (χ2v) is 8.05. The molecule has 0 atom stereocenters. The number of aromatic amines is 1. The van der Waals surface area contributed by atoms with Crippen LogP contribution in [0.5, 0.6) is 0 Å². The van der Waals surface area contributed by atoms with E-state index in [1.807, 2.05) is 36.4 Å². The van der Waals surface area contributed by atoms with Crippen molar-refractivity contribution < 1.29 is 9.59 Å². The summed E-state index contributed by atoms with van der Waals surface area (Å²) in [7, 11) is 0. The highest BCUT2D eigenvalue weighted by Gasteiger charge is 2.18. The van der Waals surface area contributed by atoms with Gasteiger partial charge in [-0.1, -0.05) is 49.8 Å². The summed E-state index contributed by atoms with van der Waals surface area (Å²) in [5, 5.41) is 4.84. The van der Waals surface area contributed by atoms with Crippen LogP contribution in [0.4, 0.5) is 5.95 Å². The van der Waals surface area contributed by atoms with Gasteiger partial charge in [-0.3, -0.25) is 19.9 Å². The molecule has 3 heterocycles. The summed E-state index contributed by atoms with van der Waals surface area (Å²) in [4.78, 5) is 42.3. The number of amides is 1. The van der Waals surface area contributed by atoms with Gasteiger partial charge in [-0.2, -0.15) is 0 Å². The number of nitrogens with one attached hydrogen (secondary N) is 2. The summed E-state index contributed by atoms with van der Waals surface area (Å²) in [5.41, 5.74) is 3.80. The molecule has 0 bridgehead atoms. The van der Waals surface area contributed by atoms with E-state index in [0.29, 0.717) is 28.7 Å². The minimum absolute atomic E-state index is 0.0483. The van der Waals surface area contributed by atoms with Crippen LogP contribution in [0.15, 0.2) is 65.8 Å². The predicted octanol–water partition coefficient (Wildman–Crippen LogP) is 5.25. The number of anilines is 1. The summed E-state index contributed by atoms with van der Waals surface area (Å²) in [6, 6.07) is 15.1. The Balaban J connectivity index is 1.42. The van der Waals surface area contributed by atoms with Crippen LogP contribution in [0, 0.1) is 0 Å². The lowest BCUT2D eigenvalue weighted by Crippen LogP contribution is -2.15. The van der Waals surface area contributed by atoms with Crippen molar-refractivity contribution >= 4 is 45.2 Å². The Labute approximate surface area is 190 Å². The van der Waals surface area contributed by atoms with Gasteiger partial charge in [0.1, 0.15) is 11.2 Å². The van der Waals surface area contributed by atoms with Crippen LogP contribution in [0.1, 0.15) is 52.7 Å². The largest absolute Gasteiger partial charge is 0.324 e. The minimum Gasteiger partial charge on any atom is -0.324 e. The number of nitrogens with zero attached hydrogens (tertiary/aromatic N) is 3. The number of ketones is 1. The third kappa shape index (κ3) is 4.17. The summed E-state index contributed by atoms with van der Waals surface area (Å²) >= 11 is 0. The van der Waals surface area contributed by atoms with Gasteiger partial charge >= 0.3 is 0 Å². The zero-order valence-corrected chi connectivity index (χ0v) is 18.3. The smallest absolute Gasteiger partial charge is 0.276 e. The molecule has 1 amide bonds. The Bertz CT molecular complexity index is 1450. The van der Waals surface area contributed by atoms with Crippen molar-refractivity contribution in [3.63, 3.8) is 0 Å². The van der Waals surface area contributed by atoms with Gasteiger partial charge in [0.15, 0.2) is 5.78 Å². The number of allylic oxidation sites excluding steroid dienone is 1. The topological polar surface area (TPSA) is 100 Å². The van der Waals surface area contributed by atoms with E-state index in [4.69, 9.17) is 0 Å². The molecule has 0 unspecified atom stereocenters. The van der Waals surface area contributed by atoms with Crippen LogP contribution in [-0.4, -0.2) is 32.4 Å². The second kappa shape index (κ2) is 8.78. The van der Waals surface area contributed by atoms with Gasteiger partial charge < -0.3 is 4.98 Å². The lowest BCUT2D eigenvalue weighted by atomic mass is 10.0. The van der Waals surface area contributed by atoms with Crippen LogP contribution in [0.3, 0.4) is 0 Å². The van der Waals surface area contributed by atoms with Gasteiger partial charge in [0.2, 0.25) is 5.95 Å². The minimum atomic E-state index is -0.351. The average molecular weight is 438 g/mol. The molecule has 7 nitrogen and oxygen atoms in total. The van der Waals surface area contributed by atoms with E-state index in [2.05, 4.69) is 32.2 Å². The molecule has 2 aromatic carbocycles. The van der Waals surface area contributed by atoms with E-state index in [9.17, 15) is 9.59 Å². The molecule has 0 saturated carbocycles. The number of para-hydroxylation sites is 1. The van der Waals surface area contributed by atoms with Crippen molar-refractivity contribution in [1.29, 1.82) is 0 Å². The van der Waals surface area contributed by atoms with Gasteiger partial charge in [0.05, 0.1) is 5.52 Å². The van der Waals surface area contributed by atoms with Gasteiger partial charge in [-0.05, 0) is 30.0 Å². The number of rotatable bonds is 7. The van der Waals surface area contributed by atoms with Gasteiger partial charge in [-0.25, -0.2) is 9.97 Å². The third-order valence-corrected chi connectivity index (χ3v) is 5.66. The number of benzene rings is 2. The van der Waals surface area contributed by atoms with Crippen LogP contribution in [0.25, 0.3) is 21.8 Å². The Kier molecular flexibility index (Phi) is 5.52. The molecule has 1 aliphatic heterocycles. The molecule has 1 aliphatic rings. The average Bonchev–Trinajstić information content (AvgIpc) is 3.48. The van der Waals surface area contributed by atoms with E-state index in [1.54, 1.807) is 24.4 Å². The first-order chi connectivity index (χ1) is 16.1. The standard InChI is InChI=1S/C26H23N5O2/c1-2-7-20-18-10-4-3-8-16(18)14-22(28-20)25(33)31-26-29-21-12-5-11-19(24(21)30-26)23(32)15-17-9-6-13-27-17/h3-6,8,10-14H,2,7,9,15H2,1H3,(H2,29,30,31,33). The maximum atomic E-state index is 13.0. The maximum absolute atomic E-state index is 13.0. The fourth-order valence-corrected chi connectivity index (χ4v) is 4.10. The molecule has 4 aromatic rings. The van der Waals surface area contributed by atoms with E-state index in [1.165, 1.54) is 0 Å². The molecule has 0 spiro atoms. The molecular formula is C26H23N5O2. The predicted molar refractivity (Wildman–Crippen MR) is 130 cm³/mol. The number of aryl methyl sites for hydroxylation is 1. The Morgan fingerprint density at radius 2 is 1.97 bits per heavy atom. The normalized spacial score (nSPS) is 12.9. The number of carbonyl (C=O) groups is 2. The number of fused-ring (bicyclic) bond motifs is 2. The van der Waals surface area contributed by atoms with Gasteiger partial charge in [-0.15, -0.1) is 0 Å². The van der Waals surface area contributed by atoms with E-state index in [0.717, 1.165) is 35.0 Å². The highest BCUT2D eigenvalue weighted by molar-refractivity contribution is 6.15. The molecule has 0 saturated heterocycles. The van der Waals surface area contributed by atoms with Crippen molar-refractivity contribution in [3.8, 4) is 0 Å². The molecular weight excluding hydrogens is 414 g/mol. The number of pyridine rings is 1. The van der Waals surface area contributed by atoms with Crippen LogP contribution < -0.4 is 5.32 Å². The molecule has 5 rings (SSSR count). The number of aromatic nitrogens is 3. The number of hydrogen-bond acceptors (Lipinski definition) is 5. The lowest BCUT2D eigenvalue weighted by Gasteiger charge is -2.08. The highest BCUT2D eigenvalue weighted by atomic mass is 16.2. The summed E-state index contributed by atoms with van der Waals surface area (Å²) < 4.78 is 0. The van der Waals surface area contributed by atoms with Gasteiger partial charge in [0, 0.05) is 41.4 Å². The number of Topliss-reactive ketones (excluding diaryl/α,β-unsaturated/α-hetero) is 1. The second-order valence-electron chi connectivity index (χ2n) is 8.05. The van der Waals surface area contributed by atoms with E-state index < -0.39 is 0 Å². The van der Waals surface area contributed by atoms with Crippen molar-refractivity contribution in [2.75, 3.05) is 5.32 Å². The number of hydrogen-bond donors (Lipinski definition) is 2. The SMILES string of the molecule is CCCc1nc(C(=O)Nc2nc3c(C(=O)CC4=NC=CC4)cccc3[nH]2)cc2ccccc12. The summed E-state index contributed by atoms with van der Waals surface area (Å²) in [5.74, 6) is -0.119. The molecule has 7 heteroatoms. The van der Waals surface area contributed by atoms with Crippen LogP contribution >= 0.6 is 0 Å². The van der Waals surface area contributed by atoms with Crippen LogP contribution in [0.2, 0.25) is 0 Å². The molecule has 33 heavy (non-hydrogen) atoms. The zero-order chi connectivity index (χ0) is 22.8. The van der Waals surface area contributed by atoms with Crippen molar-refractivity contribution in [3.05, 3.63) is 77.8 Å². The molecule has 164 valence electrons. The summed E-state index contributed by atoms with van der Waals surface area (Å²) in [6.45, 7) is 2.09. The quantitative estimate of drug-likeness (QED) is 0.386. The van der Waals surface area contributed by atoms with Crippen molar-refractivity contribution in [2.45, 2.75) is 32.6 Å². The first-order valence-corrected chi connectivity index (χ1v) is 11.0. The highest BCUT2D eigenvalue weighted by Crippen LogP contribution is 2.23. The summed E-state index contributed by atoms with van der Waals surface area (Å²) in [6.07, 6.45) is 6.32. The molecule has 2 aromatic heterocycles. The molecule has 2 N–H and O–H groups in total. The zero-order valence-electron chi connectivity index (χ0n) is 18.3. The number of carbonyl (C=O) groups excluding carboxylic acids is 2. The Hall–Kier alpha value is -4.13. The maximum Gasteiger partial charge on any atom is 0.276 e. The molecule has 0 radical (unpaired) electrons. The van der Waals surface area contributed by atoms with Crippen molar-refractivity contribution in [1.82, 2.24) is 15.0 Å². The fraction of sp³-hybridized carbons (Fsp3) is 0.192. The first kappa shape index (κ1) is 20.8. The van der Waals surface area contributed by atoms with E-state index >= 15 is 0 Å². The van der Waals surface area contributed by atoms with Crippen molar-refractivity contribution in [2.24, 2.45) is 4.99 Å². The number of H-pyrrole nitrogens is 1. The third-order valence-electron chi connectivity index (χ3n) is 5.66. The number of aliphatic imine (C=N–C) groups is 1. The first-order valence-electron chi connectivity index (χ1n) is 11.0. The fourth-order valence-electron chi connectivity index (χ4n) is 4.10.